The first-order valence-electron chi connectivity index (χ1n) is 3.19. The first kappa shape index (κ1) is 11.2. The van der Waals surface area contributed by atoms with Crippen LogP contribution in [-0.2, 0) is 10.0 Å². The Kier molecular flexibility index (Phi) is 4.99. The fraction of sp³-hybridized carbons (Fsp3) is 1.00. The highest BCUT2D eigenvalue weighted by Crippen LogP contribution is 1.98. The number of alkyl halides is 1. The smallest absolute Gasteiger partial charge is 0.227 e. The first-order chi connectivity index (χ1) is 5.04. The van der Waals surface area contributed by atoms with Crippen molar-refractivity contribution in [3.05, 3.63) is 0 Å². The molecular formula is C5H13ClN2O2S. The van der Waals surface area contributed by atoms with Crippen molar-refractivity contribution in [1.82, 2.24) is 9.62 Å². The van der Waals surface area contributed by atoms with E-state index in [-0.39, 0.29) is 5.21 Å². The van der Waals surface area contributed by atoms with Gasteiger partial charge in [0, 0.05) is 20.1 Å². The summed E-state index contributed by atoms with van der Waals surface area (Å²) in [6.45, 7) is 1.08. The van der Waals surface area contributed by atoms with E-state index in [2.05, 4.69) is 5.32 Å². The fourth-order valence-electron chi connectivity index (χ4n) is 0.492. The van der Waals surface area contributed by atoms with Gasteiger partial charge in [0.2, 0.25) is 10.0 Å². The molecule has 0 unspecified atom stereocenters. The Labute approximate surface area is 72.6 Å². The number of hydrogen-bond acceptors (Lipinski definition) is 3. The lowest BCUT2D eigenvalue weighted by Crippen LogP contribution is -2.33. The summed E-state index contributed by atoms with van der Waals surface area (Å²) in [5.41, 5.74) is 0. The van der Waals surface area contributed by atoms with Crippen LogP contribution in [-0.4, -0.2) is 45.1 Å². The second kappa shape index (κ2) is 4.92. The SMILES string of the molecule is CNCCN(C)S(=O)(=O)CCl. The quantitative estimate of drug-likeness (QED) is 0.618. The first-order valence-corrected chi connectivity index (χ1v) is 5.33. The van der Waals surface area contributed by atoms with Crippen molar-refractivity contribution < 1.29 is 8.42 Å². The predicted octanol–water partition coefficient (Wildman–Crippen LogP) is -0.336. The Morgan fingerprint density at radius 3 is 2.45 bits per heavy atom. The zero-order valence-corrected chi connectivity index (χ0v) is 8.24. The van der Waals surface area contributed by atoms with Gasteiger partial charge in [0.1, 0.15) is 5.21 Å². The number of likely N-dealkylation sites (N-methyl/N-ethyl adjacent to an activating group) is 2. The minimum Gasteiger partial charge on any atom is -0.318 e. The fourth-order valence-corrected chi connectivity index (χ4v) is 1.53. The van der Waals surface area contributed by atoms with Crippen LogP contribution in [0.25, 0.3) is 0 Å². The highest BCUT2D eigenvalue weighted by Gasteiger charge is 2.14. The number of nitrogens with one attached hydrogen (secondary N) is 1. The van der Waals surface area contributed by atoms with E-state index in [0.717, 1.165) is 0 Å². The van der Waals surface area contributed by atoms with Crippen LogP contribution in [0.3, 0.4) is 0 Å². The maximum absolute atomic E-state index is 11.0. The van der Waals surface area contributed by atoms with Crippen LogP contribution in [0.5, 0.6) is 0 Å². The average Bonchev–Trinajstić information content (AvgIpc) is 2.00. The molecule has 0 fully saturated rings. The van der Waals surface area contributed by atoms with Gasteiger partial charge >= 0.3 is 0 Å². The molecule has 0 aromatic rings. The van der Waals surface area contributed by atoms with Crippen molar-refractivity contribution in [2.24, 2.45) is 0 Å². The van der Waals surface area contributed by atoms with Crippen LogP contribution in [0.2, 0.25) is 0 Å². The molecule has 0 bridgehead atoms. The van der Waals surface area contributed by atoms with E-state index in [0.29, 0.717) is 13.1 Å². The second-order valence-corrected chi connectivity index (χ2v) is 4.81. The largest absolute Gasteiger partial charge is 0.318 e. The van der Waals surface area contributed by atoms with Gasteiger partial charge in [0.05, 0.1) is 0 Å². The molecule has 0 amide bonds. The number of rotatable bonds is 5. The number of hydrogen-bond donors (Lipinski definition) is 1. The van der Waals surface area contributed by atoms with Gasteiger partial charge in [-0.25, -0.2) is 12.7 Å². The van der Waals surface area contributed by atoms with Crippen molar-refractivity contribution >= 4 is 21.6 Å². The third kappa shape index (κ3) is 3.91. The summed E-state index contributed by atoms with van der Waals surface area (Å²) in [7, 11) is 0.0623. The molecule has 0 saturated heterocycles. The van der Waals surface area contributed by atoms with Gasteiger partial charge in [-0.05, 0) is 7.05 Å². The zero-order chi connectivity index (χ0) is 8.91. The van der Waals surface area contributed by atoms with Gasteiger partial charge in [0.25, 0.3) is 0 Å². The van der Waals surface area contributed by atoms with Crippen LogP contribution < -0.4 is 5.32 Å². The standard InChI is InChI=1S/C5H13ClN2O2S/c1-7-3-4-8(2)11(9,10)5-6/h7H,3-5H2,1-2H3. The van der Waals surface area contributed by atoms with E-state index in [9.17, 15) is 8.42 Å². The normalized spacial score (nSPS) is 12.4. The molecule has 0 aliphatic heterocycles. The van der Waals surface area contributed by atoms with E-state index < -0.39 is 10.0 Å². The summed E-state index contributed by atoms with van der Waals surface area (Å²) in [5, 5.41) is 2.49. The Hall–Kier alpha value is 0.160. The lowest BCUT2D eigenvalue weighted by Gasteiger charge is -2.14. The van der Waals surface area contributed by atoms with Gasteiger partial charge in [-0.1, -0.05) is 0 Å². The van der Waals surface area contributed by atoms with Gasteiger partial charge in [0.15, 0.2) is 0 Å². The predicted molar refractivity (Wildman–Crippen MR) is 46.2 cm³/mol. The lowest BCUT2D eigenvalue weighted by atomic mass is 10.6. The molecule has 68 valence electrons. The molecule has 1 N–H and O–H groups in total. The number of nitrogens with zero attached hydrogens (tertiary/aromatic N) is 1. The summed E-state index contributed by atoms with van der Waals surface area (Å²) in [4.78, 5) is 0. The topological polar surface area (TPSA) is 49.4 Å². The number of sulfonamides is 1. The van der Waals surface area contributed by atoms with E-state index >= 15 is 0 Å². The van der Waals surface area contributed by atoms with Crippen LogP contribution in [0.15, 0.2) is 0 Å². The van der Waals surface area contributed by atoms with Crippen LogP contribution in [0.1, 0.15) is 0 Å². The lowest BCUT2D eigenvalue weighted by molar-refractivity contribution is 0.470. The highest BCUT2D eigenvalue weighted by atomic mass is 35.5. The van der Waals surface area contributed by atoms with Crippen molar-refractivity contribution in [2.45, 2.75) is 0 Å². The molecular weight excluding hydrogens is 188 g/mol. The minimum absolute atomic E-state index is 0.354. The molecule has 0 saturated carbocycles. The van der Waals surface area contributed by atoms with Crippen LogP contribution >= 0.6 is 11.6 Å². The number of halogens is 1. The molecule has 0 atom stereocenters. The molecule has 0 aromatic carbocycles. The third-order valence-electron chi connectivity index (χ3n) is 1.29. The highest BCUT2D eigenvalue weighted by molar-refractivity contribution is 7.90. The van der Waals surface area contributed by atoms with Crippen molar-refractivity contribution in [1.29, 1.82) is 0 Å². The van der Waals surface area contributed by atoms with E-state index in [1.165, 1.54) is 11.4 Å². The summed E-state index contributed by atoms with van der Waals surface area (Å²) in [6.07, 6.45) is 0. The molecule has 6 heteroatoms. The van der Waals surface area contributed by atoms with Crippen molar-refractivity contribution in [3.8, 4) is 0 Å². The van der Waals surface area contributed by atoms with E-state index in [1.54, 1.807) is 7.05 Å². The molecule has 0 radical (unpaired) electrons. The third-order valence-corrected chi connectivity index (χ3v) is 3.52. The summed E-state index contributed by atoms with van der Waals surface area (Å²) >= 11 is 5.22. The molecule has 0 aliphatic rings. The van der Waals surface area contributed by atoms with Crippen LogP contribution in [0.4, 0.5) is 0 Å². The molecule has 0 rings (SSSR count). The van der Waals surface area contributed by atoms with Crippen molar-refractivity contribution in [2.75, 3.05) is 32.4 Å². The maximum Gasteiger partial charge on any atom is 0.227 e. The Bertz CT molecular complexity index is 193. The van der Waals surface area contributed by atoms with Gasteiger partial charge in [-0.2, -0.15) is 0 Å². The molecule has 0 aliphatic carbocycles. The summed E-state index contributed by atoms with van der Waals surface area (Å²) in [5.74, 6) is 0. The van der Waals surface area contributed by atoms with Crippen molar-refractivity contribution in [3.63, 3.8) is 0 Å². The van der Waals surface area contributed by atoms with Crippen LogP contribution in [0, 0.1) is 0 Å². The molecule has 0 spiro atoms. The Morgan fingerprint density at radius 2 is 2.09 bits per heavy atom. The minimum atomic E-state index is -3.21. The summed E-state index contributed by atoms with van der Waals surface area (Å²) < 4.78 is 23.2. The molecule has 4 nitrogen and oxygen atoms in total. The van der Waals surface area contributed by atoms with Gasteiger partial charge < -0.3 is 5.32 Å². The second-order valence-electron chi connectivity index (χ2n) is 2.15. The zero-order valence-electron chi connectivity index (χ0n) is 6.67. The Balaban J connectivity index is 3.93. The van der Waals surface area contributed by atoms with Gasteiger partial charge in [-0.15, -0.1) is 11.6 Å². The monoisotopic (exact) mass is 200 g/mol. The summed E-state index contributed by atoms with van der Waals surface area (Å²) in [6, 6.07) is 0. The van der Waals surface area contributed by atoms with Gasteiger partial charge in [-0.3, -0.25) is 0 Å². The molecule has 0 heterocycles. The Morgan fingerprint density at radius 1 is 1.55 bits per heavy atom. The molecule has 11 heavy (non-hydrogen) atoms. The van der Waals surface area contributed by atoms with E-state index in [1.807, 2.05) is 0 Å². The molecule has 0 aromatic heterocycles. The average molecular weight is 201 g/mol. The maximum atomic E-state index is 11.0. The van der Waals surface area contributed by atoms with E-state index in [4.69, 9.17) is 11.6 Å².